The number of methoxy groups -OCH3 is 1. The quantitative estimate of drug-likeness (QED) is 0.741. The topological polar surface area (TPSA) is 84.5 Å². The Morgan fingerprint density at radius 1 is 1.42 bits per heavy atom. The number of halogens is 1. The van der Waals surface area contributed by atoms with Gasteiger partial charge in [-0.2, -0.15) is 0 Å². The standard InChI is InChI=1S/C11H15BrN2O4S/c1-13-11(15)9-7-8(3-4-10(9)12)19(16,17)14-5-6-18-2/h3-4,7,14H,5-6H2,1-2H3,(H,13,15). The molecule has 0 bridgehead atoms. The lowest BCUT2D eigenvalue weighted by atomic mass is 10.2. The molecule has 1 aromatic rings. The van der Waals surface area contributed by atoms with Gasteiger partial charge in [-0.25, -0.2) is 13.1 Å². The summed E-state index contributed by atoms with van der Waals surface area (Å²) in [6.45, 7) is 0.447. The molecular formula is C11H15BrN2O4S. The van der Waals surface area contributed by atoms with E-state index in [0.29, 0.717) is 4.47 Å². The maximum absolute atomic E-state index is 12.0. The Hall–Kier alpha value is -0.960. The molecule has 0 saturated heterocycles. The van der Waals surface area contributed by atoms with Gasteiger partial charge in [0, 0.05) is 25.2 Å². The number of rotatable bonds is 6. The molecule has 0 heterocycles. The van der Waals surface area contributed by atoms with Crippen molar-refractivity contribution in [1.82, 2.24) is 10.0 Å². The van der Waals surface area contributed by atoms with E-state index in [1.54, 1.807) is 0 Å². The summed E-state index contributed by atoms with van der Waals surface area (Å²) in [6, 6.07) is 4.26. The van der Waals surface area contributed by atoms with E-state index in [4.69, 9.17) is 4.74 Å². The summed E-state index contributed by atoms with van der Waals surface area (Å²) < 4.78 is 31.6. The first-order chi connectivity index (χ1) is 8.92. The van der Waals surface area contributed by atoms with E-state index in [0.717, 1.165) is 0 Å². The molecule has 0 aromatic heterocycles. The number of carbonyl (C=O) groups excluding carboxylic acids is 1. The highest BCUT2D eigenvalue weighted by Gasteiger charge is 2.17. The predicted molar refractivity (Wildman–Crippen MR) is 74.6 cm³/mol. The first kappa shape index (κ1) is 16.1. The predicted octanol–water partition coefficient (Wildman–Crippen LogP) is 0.733. The number of carbonyl (C=O) groups is 1. The van der Waals surface area contributed by atoms with Crippen molar-refractivity contribution in [2.45, 2.75) is 4.90 Å². The number of hydrogen-bond acceptors (Lipinski definition) is 4. The molecule has 0 aliphatic heterocycles. The van der Waals surface area contributed by atoms with Crippen LogP contribution in [0.3, 0.4) is 0 Å². The number of benzene rings is 1. The summed E-state index contributed by atoms with van der Waals surface area (Å²) in [4.78, 5) is 11.6. The van der Waals surface area contributed by atoms with Gasteiger partial charge in [0.2, 0.25) is 10.0 Å². The molecule has 106 valence electrons. The van der Waals surface area contributed by atoms with E-state index < -0.39 is 10.0 Å². The van der Waals surface area contributed by atoms with Crippen LogP contribution < -0.4 is 10.0 Å². The fourth-order valence-corrected chi connectivity index (χ4v) is 2.81. The van der Waals surface area contributed by atoms with Gasteiger partial charge in [-0.3, -0.25) is 4.79 Å². The van der Waals surface area contributed by atoms with Gasteiger partial charge in [-0.1, -0.05) is 0 Å². The van der Waals surface area contributed by atoms with Gasteiger partial charge in [0.25, 0.3) is 5.91 Å². The molecule has 6 nitrogen and oxygen atoms in total. The highest BCUT2D eigenvalue weighted by atomic mass is 79.9. The molecule has 0 radical (unpaired) electrons. The van der Waals surface area contributed by atoms with Crippen LogP contribution in [0.15, 0.2) is 27.6 Å². The zero-order valence-corrected chi connectivity index (χ0v) is 13.0. The van der Waals surface area contributed by atoms with E-state index >= 15 is 0 Å². The van der Waals surface area contributed by atoms with Crippen molar-refractivity contribution in [2.75, 3.05) is 27.3 Å². The molecule has 0 spiro atoms. The van der Waals surface area contributed by atoms with Crippen molar-refractivity contribution in [1.29, 1.82) is 0 Å². The maximum Gasteiger partial charge on any atom is 0.252 e. The van der Waals surface area contributed by atoms with Gasteiger partial charge in [0.05, 0.1) is 17.1 Å². The first-order valence-corrected chi connectivity index (χ1v) is 7.70. The molecule has 0 fully saturated rings. The molecule has 0 unspecified atom stereocenters. The number of amides is 1. The lowest BCUT2D eigenvalue weighted by Crippen LogP contribution is -2.27. The van der Waals surface area contributed by atoms with Crippen molar-refractivity contribution >= 4 is 31.9 Å². The zero-order valence-electron chi connectivity index (χ0n) is 10.6. The van der Waals surface area contributed by atoms with Crippen LogP contribution in [0.1, 0.15) is 10.4 Å². The normalized spacial score (nSPS) is 11.3. The minimum atomic E-state index is -3.64. The van der Waals surface area contributed by atoms with Crippen LogP contribution in [-0.4, -0.2) is 41.6 Å². The molecule has 1 rings (SSSR count). The molecule has 0 aliphatic rings. The number of hydrogen-bond donors (Lipinski definition) is 2. The molecule has 19 heavy (non-hydrogen) atoms. The second-order valence-corrected chi connectivity index (χ2v) is 6.23. The SMILES string of the molecule is CNC(=O)c1cc(S(=O)(=O)NCCOC)ccc1Br. The van der Waals surface area contributed by atoms with Gasteiger partial charge in [-0.05, 0) is 34.1 Å². The van der Waals surface area contributed by atoms with Crippen LogP contribution in [0.25, 0.3) is 0 Å². The number of ether oxygens (including phenoxy) is 1. The highest BCUT2D eigenvalue weighted by Crippen LogP contribution is 2.20. The van der Waals surface area contributed by atoms with E-state index in [1.165, 1.54) is 32.4 Å². The zero-order chi connectivity index (χ0) is 14.5. The minimum absolute atomic E-state index is 0.0328. The summed E-state index contributed by atoms with van der Waals surface area (Å²) >= 11 is 3.21. The third-order valence-electron chi connectivity index (χ3n) is 2.32. The summed E-state index contributed by atoms with van der Waals surface area (Å²) in [5.74, 6) is -0.360. The fraction of sp³-hybridized carbons (Fsp3) is 0.364. The van der Waals surface area contributed by atoms with Gasteiger partial charge < -0.3 is 10.1 Å². The molecule has 0 aliphatic carbocycles. The van der Waals surface area contributed by atoms with E-state index in [-0.39, 0.29) is 29.5 Å². The average Bonchev–Trinajstić information content (AvgIpc) is 2.38. The highest BCUT2D eigenvalue weighted by molar-refractivity contribution is 9.10. The van der Waals surface area contributed by atoms with Crippen molar-refractivity contribution in [2.24, 2.45) is 0 Å². The van der Waals surface area contributed by atoms with Gasteiger partial charge in [0.15, 0.2) is 0 Å². The molecular weight excluding hydrogens is 336 g/mol. The third kappa shape index (κ3) is 4.27. The maximum atomic E-state index is 12.0. The Bertz CT molecular complexity index is 560. The lowest BCUT2D eigenvalue weighted by Gasteiger charge is -2.09. The molecule has 1 amide bonds. The van der Waals surface area contributed by atoms with Gasteiger partial charge in [0.1, 0.15) is 0 Å². The third-order valence-corrected chi connectivity index (χ3v) is 4.47. The summed E-state index contributed by atoms with van der Waals surface area (Å²) in [5, 5.41) is 2.45. The second-order valence-electron chi connectivity index (χ2n) is 3.61. The molecule has 1 aromatic carbocycles. The molecule has 0 saturated carbocycles. The van der Waals surface area contributed by atoms with E-state index in [9.17, 15) is 13.2 Å². The summed E-state index contributed by atoms with van der Waals surface area (Å²) in [5.41, 5.74) is 0.261. The molecule has 0 atom stereocenters. The van der Waals surface area contributed by atoms with Crippen LogP contribution in [0, 0.1) is 0 Å². The number of nitrogens with one attached hydrogen (secondary N) is 2. The Labute approximate surface area is 120 Å². The second kappa shape index (κ2) is 6.99. The van der Waals surface area contributed by atoms with Crippen molar-refractivity contribution < 1.29 is 17.9 Å². The van der Waals surface area contributed by atoms with Crippen molar-refractivity contribution in [3.8, 4) is 0 Å². The fourth-order valence-electron chi connectivity index (χ4n) is 1.34. The van der Waals surface area contributed by atoms with E-state index in [1.807, 2.05) is 0 Å². The Morgan fingerprint density at radius 2 is 2.11 bits per heavy atom. The van der Waals surface area contributed by atoms with Crippen LogP contribution in [-0.2, 0) is 14.8 Å². The Morgan fingerprint density at radius 3 is 2.68 bits per heavy atom. The smallest absolute Gasteiger partial charge is 0.252 e. The molecule has 2 N–H and O–H groups in total. The lowest BCUT2D eigenvalue weighted by molar-refractivity contribution is 0.0962. The van der Waals surface area contributed by atoms with Crippen LogP contribution in [0.4, 0.5) is 0 Å². The Balaban J connectivity index is 3.04. The van der Waals surface area contributed by atoms with Gasteiger partial charge in [-0.15, -0.1) is 0 Å². The first-order valence-electron chi connectivity index (χ1n) is 5.42. The summed E-state index contributed by atoms with van der Waals surface area (Å²) in [6.07, 6.45) is 0. The van der Waals surface area contributed by atoms with Crippen molar-refractivity contribution in [3.05, 3.63) is 28.2 Å². The largest absolute Gasteiger partial charge is 0.383 e. The van der Waals surface area contributed by atoms with Crippen LogP contribution in [0.2, 0.25) is 0 Å². The van der Waals surface area contributed by atoms with E-state index in [2.05, 4.69) is 26.0 Å². The number of sulfonamides is 1. The van der Waals surface area contributed by atoms with Crippen molar-refractivity contribution in [3.63, 3.8) is 0 Å². The average molecular weight is 351 g/mol. The molecule has 8 heteroatoms. The Kier molecular flexibility index (Phi) is 5.92. The minimum Gasteiger partial charge on any atom is -0.383 e. The van der Waals surface area contributed by atoms with Crippen LogP contribution in [0.5, 0.6) is 0 Å². The summed E-state index contributed by atoms with van der Waals surface area (Å²) in [7, 11) is -0.682. The van der Waals surface area contributed by atoms with Gasteiger partial charge >= 0.3 is 0 Å². The monoisotopic (exact) mass is 350 g/mol. The van der Waals surface area contributed by atoms with Crippen LogP contribution >= 0.6 is 15.9 Å².